The summed E-state index contributed by atoms with van der Waals surface area (Å²) in [6.07, 6.45) is 2.56. The van der Waals surface area contributed by atoms with Gasteiger partial charge in [-0.1, -0.05) is 6.92 Å². The molecular formula is C12H21N5O3. The van der Waals surface area contributed by atoms with Crippen LogP contribution in [0.1, 0.15) is 33.6 Å². The van der Waals surface area contributed by atoms with Crippen molar-refractivity contribution >= 4 is 17.3 Å². The number of nitrogens with one attached hydrogen (secondary N) is 2. The van der Waals surface area contributed by atoms with Gasteiger partial charge in [0, 0.05) is 18.7 Å². The molecular weight excluding hydrogens is 262 g/mol. The van der Waals surface area contributed by atoms with Crippen molar-refractivity contribution in [2.24, 2.45) is 0 Å². The first-order valence-electron chi connectivity index (χ1n) is 6.53. The molecule has 0 aromatic carbocycles. The first-order chi connectivity index (χ1) is 9.41. The Balaban J connectivity index is 3.09. The van der Waals surface area contributed by atoms with E-state index < -0.39 is 10.5 Å². The fourth-order valence-corrected chi connectivity index (χ4v) is 1.68. The standard InChI is InChI=1S/C12H21N5O3/c1-4-6-13-10-9(17(19)20)11(15-8-14-10)16-12(2,3)5-7-18/h8,18H,4-7H2,1-3H3,(H2,13,14,15,16). The van der Waals surface area contributed by atoms with E-state index in [9.17, 15) is 10.1 Å². The average Bonchev–Trinajstić information content (AvgIpc) is 2.35. The Morgan fingerprint density at radius 2 is 2.05 bits per heavy atom. The smallest absolute Gasteiger partial charge is 0.353 e. The number of hydrogen-bond acceptors (Lipinski definition) is 7. The lowest BCUT2D eigenvalue weighted by atomic mass is 10.0. The molecule has 0 aliphatic carbocycles. The van der Waals surface area contributed by atoms with Gasteiger partial charge in [-0.25, -0.2) is 9.97 Å². The van der Waals surface area contributed by atoms with E-state index >= 15 is 0 Å². The van der Waals surface area contributed by atoms with E-state index in [1.165, 1.54) is 6.33 Å². The van der Waals surface area contributed by atoms with Crippen LogP contribution in [0, 0.1) is 10.1 Å². The van der Waals surface area contributed by atoms with Gasteiger partial charge < -0.3 is 15.7 Å². The molecule has 112 valence electrons. The highest BCUT2D eigenvalue weighted by Gasteiger charge is 2.27. The van der Waals surface area contributed by atoms with Crippen LogP contribution in [0.3, 0.4) is 0 Å². The fourth-order valence-electron chi connectivity index (χ4n) is 1.68. The third-order valence-electron chi connectivity index (χ3n) is 2.74. The largest absolute Gasteiger partial charge is 0.396 e. The molecule has 3 N–H and O–H groups in total. The number of aliphatic hydroxyl groups excluding tert-OH is 1. The molecule has 0 bridgehead atoms. The monoisotopic (exact) mass is 283 g/mol. The second kappa shape index (κ2) is 6.99. The first-order valence-corrected chi connectivity index (χ1v) is 6.53. The topological polar surface area (TPSA) is 113 Å². The van der Waals surface area contributed by atoms with Gasteiger partial charge in [0.25, 0.3) is 0 Å². The van der Waals surface area contributed by atoms with E-state index in [-0.39, 0.29) is 23.9 Å². The summed E-state index contributed by atoms with van der Waals surface area (Å²) in [7, 11) is 0. The lowest BCUT2D eigenvalue weighted by Crippen LogP contribution is -2.32. The molecule has 0 fully saturated rings. The van der Waals surface area contributed by atoms with Gasteiger partial charge in [0.2, 0.25) is 11.6 Å². The zero-order chi connectivity index (χ0) is 15.2. The molecule has 20 heavy (non-hydrogen) atoms. The van der Waals surface area contributed by atoms with Crippen LogP contribution in [-0.2, 0) is 0 Å². The Morgan fingerprint density at radius 1 is 1.40 bits per heavy atom. The van der Waals surface area contributed by atoms with Crippen molar-refractivity contribution in [3.05, 3.63) is 16.4 Å². The quantitative estimate of drug-likeness (QED) is 0.492. The summed E-state index contributed by atoms with van der Waals surface area (Å²) in [5.74, 6) is 0.358. The Hall–Kier alpha value is -1.96. The fraction of sp³-hybridized carbons (Fsp3) is 0.667. The molecule has 8 heteroatoms. The number of anilines is 2. The zero-order valence-corrected chi connectivity index (χ0v) is 12.0. The molecule has 0 radical (unpaired) electrons. The maximum absolute atomic E-state index is 11.2. The van der Waals surface area contributed by atoms with Gasteiger partial charge in [0.1, 0.15) is 6.33 Å². The van der Waals surface area contributed by atoms with Gasteiger partial charge >= 0.3 is 5.69 Å². The van der Waals surface area contributed by atoms with Crippen molar-refractivity contribution in [3.63, 3.8) is 0 Å². The number of aliphatic hydroxyl groups is 1. The highest BCUT2D eigenvalue weighted by Crippen LogP contribution is 2.31. The molecule has 0 aliphatic rings. The van der Waals surface area contributed by atoms with E-state index in [4.69, 9.17) is 5.11 Å². The summed E-state index contributed by atoms with van der Waals surface area (Å²) in [5.41, 5.74) is -0.678. The Labute approximate surface area is 117 Å². The molecule has 8 nitrogen and oxygen atoms in total. The maximum atomic E-state index is 11.2. The Kier molecular flexibility index (Phi) is 5.63. The summed E-state index contributed by atoms with van der Waals surface area (Å²) >= 11 is 0. The molecule has 0 saturated heterocycles. The summed E-state index contributed by atoms with van der Waals surface area (Å²) in [5, 5.41) is 26.2. The third-order valence-corrected chi connectivity index (χ3v) is 2.74. The number of rotatable bonds is 8. The van der Waals surface area contributed by atoms with Gasteiger partial charge in [0.15, 0.2) is 0 Å². The van der Waals surface area contributed by atoms with Gasteiger partial charge in [-0.2, -0.15) is 0 Å². The second-order valence-corrected chi connectivity index (χ2v) is 5.09. The van der Waals surface area contributed by atoms with Crippen molar-refractivity contribution in [1.82, 2.24) is 9.97 Å². The van der Waals surface area contributed by atoms with Crippen molar-refractivity contribution in [3.8, 4) is 0 Å². The van der Waals surface area contributed by atoms with E-state index in [2.05, 4.69) is 20.6 Å². The van der Waals surface area contributed by atoms with Gasteiger partial charge in [-0.05, 0) is 26.7 Å². The first kappa shape index (κ1) is 16.1. The Bertz CT molecular complexity index is 464. The number of aromatic nitrogens is 2. The molecule has 1 rings (SSSR count). The van der Waals surface area contributed by atoms with Crippen LogP contribution in [0.2, 0.25) is 0 Å². The average molecular weight is 283 g/mol. The lowest BCUT2D eigenvalue weighted by molar-refractivity contribution is -0.383. The highest BCUT2D eigenvalue weighted by atomic mass is 16.6. The second-order valence-electron chi connectivity index (χ2n) is 5.09. The minimum Gasteiger partial charge on any atom is -0.396 e. The summed E-state index contributed by atoms with van der Waals surface area (Å²) in [6.45, 7) is 6.23. The van der Waals surface area contributed by atoms with E-state index in [1.807, 2.05) is 20.8 Å². The van der Waals surface area contributed by atoms with Crippen molar-refractivity contribution in [2.75, 3.05) is 23.8 Å². The van der Waals surface area contributed by atoms with Crippen LogP contribution >= 0.6 is 0 Å². The van der Waals surface area contributed by atoms with E-state index in [0.717, 1.165) is 6.42 Å². The molecule has 0 spiro atoms. The molecule has 1 aromatic heterocycles. The zero-order valence-electron chi connectivity index (χ0n) is 12.0. The molecule has 0 atom stereocenters. The van der Waals surface area contributed by atoms with E-state index in [1.54, 1.807) is 0 Å². The van der Waals surface area contributed by atoms with Crippen molar-refractivity contribution < 1.29 is 10.0 Å². The van der Waals surface area contributed by atoms with Gasteiger partial charge in [-0.15, -0.1) is 0 Å². The van der Waals surface area contributed by atoms with Crippen LogP contribution in [0.25, 0.3) is 0 Å². The normalized spacial score (nSPS) is 11.2. The SMILES string of the molecule is CCCNc1ncnc(NC(C)(C)CCO)c1[N+](=O)[O-]. The van der Waals surface area contributed by atoms with Gasteiger partial charge in [0.05, 0.1) is 4.92 Å². The van der Waals surface area contributed by atoms with Crippen LogP contribution in [0.5, 0.6) is 0 Å². The predicted molar refractivity (Wildman–Crippen MR) is 76.9 cm³/mol. The van der Waals surface area contributed by atoms with Crippen LogP contribution in [0.4, 0.5) is 17.3 Å². The van der Waals surface area contributed by atoms with Crippen LogP contribution in [-0.4, -0.2) is 38.7 Å². The minimum absolute atomic E-state index is 0.0141. The molecule has 1 aromatic rings. The summed E-state index contributed by atoms with van der Waals surface area (Å²) in [6, 6.07) is 0. The van der Waals surface area contributed by atoms with Crippen molar-refractivity contribution in [2.45, 2.75) is 39.2 Å². The highest BCUT2D eigenvalue weighted by molar-refractivity contribution is 5.69. The summed E-state index contributed by atoms with van der Waals surface area (Å²) < 4.78 is 0. The van der Waals surface area contributed by atoms with Crippen molar-refractivity contribution in [1.29, 1.82) is 0 Å². The molecule has 0 aliphatic heterocycles. The molecule has 0 unspecified atom stereocenters. The van der Waals surface area contributed by atoms with Crippen LogP contribution < -0.4 is 10.6 Å². The third kappa shape index (κ3) is 4.30. The lowest BCUT2D eigenvalue weighted by Gasteiger charge is -2.25. The predicted octanol–water partition coefficient (Wildman–Crippen LogP) is 1.78. The molecule has 1 heterocycles. The number of nitro groups is 1. The molecule has 0 amide bonds. The summed E-state index contributed by atoms with van der Waals surface area (Å²) in [4.78, 5) is 18.6. The van der Waals surface area contributed by atoms with Gasteiger partial charge in [-0.3, -0.25) is 10.1 Å². The number of hydrogen-bond donors (Lipinski definition) is 3. The molecule has 0 saturated carbocycles. The number of nitrogens with zero attached hydrogens (tertiary/aromatic N) is 3. The minimum atomic E-state index is -0.505. The van der Waals surface area contributed by atoms with E-state index in [0.29, 0.717) is 13.0 Å². The van der Waals surface area contributed by atoms with Crippen LogP contribution in [0.15, 0.2) is 6.33 Å². The Morgan fingerprint density at radius 3 is 2.60 bits per heavy atom. The maximum Gasteiger partial charge on any atom is 0.353 e.